The van der Waals surface area contributed by atoms with E-state index in [0.717, 1.165) is 12.8 Å². The average molecular weight is 397 g/mol. The van der Waals surface area contributed by atoms with Crippen LogP contribution in [0.15, 0.2) is 29.0 Å². The molecule has 4 N–H and O–H groups in total. The van der Waals surface area contributed by atoms with Gasteiger partial charge in [0.25, 0.3) is 0 Å². The molecule has 6 heteroatoms. The van der Waals surface area contributed by atoms with Crippen LogP contribution in [0.5, 0.6) is 0 Å². The lowest BCUT2D eigenvalue weighted by Gasteiger charge is -2.23. The molecule has 152 valence electrons. The van der Waals surface area contributed by atoms with Gasteiger partial charge in [0.15, 0.2) is 0 Å². The summed E-state index contributed by atoms with van der Waals surface area (Å²) >= 11 is 1.66. The van der Waals surface area contributed by atoms with Gasteiger partial charge in [-0.3, -0.25) is 4.79 Å². The zero-order valence-corrected chi connectivity index (χ0v) is 16.6. The predicted octanol–water partition coefficient (Wildman–Crippen LogP) is 3.38. The second-order valence-corrected chi connectivity index (χ2v) is 8.37. The first-order valence-electron chi connectivity index (χ1n) is 9.89. The van der Waals surface area contributed by atoms with Gasteiger partial charge in [-0.2, -0.15) is 11.3 Å². The fraction of sp³-hybridized carbons (Fsp3) is 0.667. The maximum atomic E-state index is 10.5. The van der Waals surface area contributed by atoms with Gasteiger partial charge in [-0.15, -0.1) is 0 Å². The van der Waals surface area contributed by atoms with Crippen LogP contribution in [0.3, 0.4) is 0 Å². The van der Waals surface area contributed by atoms with Crippen LogP contribution >= 0.6 is 11.3 Å². The van der Waals surface area contributed by atoms with E-state index in [1.165, 1.54) is 5.56 Å². The SMILES string of the molecule is O=C(O)CCC/C=C/CC1C(O)CC(O)C1CCC(O)CCc1ccsc1. The minimum Gasteiger partial charge on any atom is -0.481 e. The van der Waals surface area contributed by atoms with Crippen LogP contribution < -0.4 is 0 Å². The van der Waals surface area contributed by atoms with E-state index >= 15 is 0 Å². The molecule has 0 bridgehead atoms. The highest BCUT2D eigenvalue weighted by Crippen LogP contribution is 2.38. The number of hydrogen-bond acceptors (Lipinski definition) is 5. The van der Waals surface area contributed by atoms with E-state index in [1.807, 2.05) is 17.5 Å². The van der Waals surface area contributed by atoms with Crippen molar-refractivity contribution < 1.29 is 25.2 Å². The van der Waals surface area contributed by atoms with E-state index in [2.05, 4.69) is 11.4 Å². The van der Waals surface area contributed by atoms with Crippen LogP contribution in [0.2, 0.25) is 0 Å². The molecule has 1 heterocycles. The molecule has 0 aromatic carbocycles. The predicted molar refractivity (Wildman–Crippen MR) is 107 cm³/mol. The Balaban J connectivity index is 1.73. The molecule has 0 spiro atoms. The van der Waals surface area contributed by atoms with Gasteiger partial charge in [0.05, 0.1) is 18.3 Å². The Labute approximate surface area is 165 Å². The van der Waals surface area contributed by atoms with Crippen LogP contribution in [-0.2, 0) is 11.2 Å². The zero-order valence-electron chi connectivity index (χ0n) is 15.7. The molecular formula is C21H32O5S. The third-order valence-electron chi connectivity index (χ3n) is 5.54. The fourth-order valence-corrected chi connectivity index (χ4v) is 4.65. The largest absolute Gasteiger partial charge is 0.481 e. The molecule has 2 rings (SSSR count). The molecule has 1 aliphatic rings. The number of thiophene rings is 1. The van der Waals surface area contributed by atoms with Crippen molar-refractivity contribution in [2.75, 3.05) is 0 Å². The molecule has 0 amide bonds. The number of aliphatic hydroxyl groups is 3. The van der Waals surface area contributed by atoms with Gasteiger partial charge >= 0.3 is 5.97 Å². The Morgan fingerprint density at radius 3 is 2.70 bits per heavy atom. The maximum Gasteiger partial charge on any atom is 0.303 e. The topological polar surface area (TPSA) is 98.0 Å². The number of carboxylic acids is 1. The first-order valence-corrected chi connectivity index (χ1v) is 10.8. The molecule has 1 aromatic heterocycles. The van der Waals surface area contributed by atoms with E-state index in [1.54, 1.807) is 11.3 Å². The number of carbonyl (C=O) groups is 1. The minimum absolute atomic E-state index is 0.000187. The summed E-state index contributed by atoms with van der Waals surface area (Å²) in [6, 6.07) is 2.08. The van der Waals surface area contributed by atoms with Gasteiger partial charge < -0.3 is 20.4 Å². The number of hydrogen-bond donors (Lipinski definition) is 4. The Bertz CT molecular complexity index is 571. The van der Waals surface area contributed by atoms with Crippen molar-refractivity contribution in [2.45, 2.75) is 76.1 Å². The fourth-order valence-electron chi connectivity index (χ4n) is 3.95. The number of carboxylic acid groups (broad SMARTS) is 1. The van der Waals surface area contributed by atoms with E-state index < -0.39 is 18.2 Å². The number of unbranched alkanes of at least 4 members (excludes halogenated alkanes) is 1. The van der Waals surface area contributed by atoms with Crippen molar-refractivity contribution in [3.8, 4) is 0 Å². The van der Waals surface area contributed by atoms with Crippen LogP contribution in [0.1, 0.15) is 56.9 Å². The lowest BCUT2D eigenvalue weighted by molar-refractivity contribution is -0.137. The Morgan fingerprint density at radius 2 is 2.00 bits per heavy atom. The normalized spacial score (nSPS) is 26.6. The highest BCUT2D eigenvalue weighted by atomic mass is 32.1. The number of aliphatic carboxylic acids is 1. The summed E-state index contributed by atoms with van der Waals surface area (Å²) in [4.78, 5) is 10.5. The summed E-state index contributed by atoms with van der Waals surface area (Å²) in [6.07, 6.45) is 8.03. The Morgan fingerprint density at radius 1 is 1.22 bits per heavy atom. The first kappa shape index (κ1) is 22.1. The first-order chi connectivity index (χ1) is 13.0. The van der Waals surface area contributed by atoms with Gasteiger partial charge in [0, 0.05) is 6.42 Å². The van der Waals surface area contributed by atoms with E-state index in [-0.39, 0.29) is 24.4 Å². The van der Waals surface area contributed by atoms with Crippen molar-refractivity contribution in [1.29, 1.82) is 0 Å². The summed E-state index contributed by atoms with van der Waals surface area (Å²) in [5.74, 6) is -0.783. The standard InChI is InChI=1S/C21H32O5S/c22-16(8-7-15-11-12-27-14-15)9-10-18-17(19(23)13-20(18)24)5-3-1-2-4-6-21(25)26/h1,3,11-12,14,16-20,22-24H,2,4-10,13H2,(H,25,26)/b3-1+. The Hall–Kier alpha value is -1.21. The molecule has 27 heavy (non-hydrogen) atoms. The molecule has 1 fully saturated rings. The van der Waals surface area contributed by atoms with Crippen molar-refractivity contribution in [1.82, 2.24) is 0 Å². The molecule has 1 aromatic rings. The summed E-state index contributed by atoms with van der Waals surface area (Å²) in [5.41, 5.74) is 1.25. The highest BCUT2D eigenvalue weighted by molar-refractivity contribution is 7.07. The summed E-state index contributed by atoms with van der Waals surface area (Å²) in [6.45, 7) is 0. The van der Waals surface area contributed by atoms with Crippen molar-refractivity contribution in [2.24, 2.45) is 11.8 Å². The average Bonchev–Trinajstić information content (AvgIpc) is 3.22. The van der Waals surface area contributed by atoms with Crippen molar-refractivity contribution >= 4 is 17.3 Å². The number of rotatable bonds is 12. The molecule has 5 atom stereocenters. The Kier molecular flexibility index (Phi) is 9.48. The van der Waals surface area contributed by atoms with Crippen LogP contribution in [-0.4, -0.2) is 44.7 Å². The molecule has 5 unspecified atom stereocenters. The van der Waals surface area contributed by atoms with Gasteiger partial charge in [-0.05, 0) is 85.6 Å². The van der Waals surface area contributed by atoms with E-state index in [0.29, 0.717) is 38.5 Å². The molecule has 0 aliphatic heterocycles. The highest BCUT2D eigenvalue weighted by Gasteiger charge is 2.40. The molecule has 1 aliphatic carbocycles. The van der Waals surface area contributed by atoms with Crippen molar-refractivity contribution in [3.63, 3.8) is 0 Å². The monoisotopic (exact) mass is 396 g/mol. The lowest BCUT2D eigenvalue weighted by Crippen LogP contribution is -2.23. The van der Waals surface area contributed by atoms with Gasteiger partial charge in [-0.25, -0.2) is 0 Å². The second kappa shape index (κ2) is 11.6. The second-order valence-electron chi connectivity index (χ2n) is 7.59. The summed E-state index contributed by atoms with van der Waals surface area (Å²) in [7, 11) is 0. The zero-order chi connectivity index (χ0) is 19.6. The van der Waals surface area contributed by atoms with E-state index in [4.69, 9.17) is 5.11 Å². The summed E-state index contributed by atoms with van der Waals surface area (Å²) in [5, 5.41) is 43.6. The number of allylic oxidation sites excluding steroid dienone is 2. The molecule has 1 saturated carbocycles. The van der Waals surface area contributed by atoms with Gasteiger partial charge in [0.2, 0.25) is 0 Å². The number of aryl methyl sites for hydroxylation is 1. The van der Waals surface area contributed by atoms with Crippen LogP contribution in [0.25, 0.3) is 0 Å². The van der Waals surface area contributed by atoms with Crippen LogP contribution in [0, 0.1) is 11.8 Å². The number of aliphatic hydroxyl groups excluding tert-OH is 3. The van der Waals surface area contributed by atoms with Gasteiger partial charge in [0.1, 0.15) is 0 Å². The third kappa shape index (κ3) is 7.74. The third-order valence-corrected chi connectivity index (χ3v) is 6.27. The molecule has 0 saturated heterocycles. The quantitative estimate of drug-likeness (QED) is 0.321. The smallest absolute Gasteiger partial charge is 0.303 e. The maximum absolute atomic E-state index is 10.5. The van der Waals surface area contributed by atoms with Gasteiger partial charge in [-0.1, -0.05) is 12.2 Å². The summed E-state index contributed by atoms with van der Waals surface area (Å²) < 4.78 is 0. The minimum atomic E-state index is -0.782. The molecular weight excluding hydrogens is 364 g/mol. The van der Waals surface area contributed by atoms with Crippen molar-refractivity contribution in [3.05, 3.63) is 34.5 Å². The molecule has 0 radical (unpaired) electrons. The van der Waals surface area contributed by atoms with E-state index in [9.17, 15) is 20.1 Å². The van der Waals surface area contributed by atoms with Crippen LogP contribution in [0.4, 0.5) is 0 Å². The molecule has 5 nitrogen and oxygen atoms in total. The lowest BCUT2D eigenvalue weighted by atomic mass is 9.85.